The van der Waals surface area contributed by atoms with Gasteiger partial charge in [-0.1, -0.05) is 11.6 Å². The zero-order chi connectivity index (χ0) is 15.7. The monoisotopic (exact) mass is 321 g/mol. The van der Waals surface area contributed by atoms with Crippen molar-refractivity contribution in [3.05, 3.63) is 34.5 Å². The molecule has 4 nitrogen and oxygen atoms in total. The number of methoxy groups -OCH3 is 1. The molecule has 1 fully saturated rings. The lowest BCUT2D eigenvalue weighted by molar-refractivity contribution is -0.132. The first-order valence-corrected chi connectivity index (χ1v) is 7.92. The second-order valence-corrected chi connectivity index (χ2v) is 6.28. The van der Waals surface area contributed by atoms with Gasteiger partial charge in [-0.25, -0.2) is 0 Å². The molecule has 1 atom stereocenters. The maximum Gasteiger partial charge on any atom is 0.227 e. The highest BCUT2D eigenvalue weighted by Crippen LogP contribution is 2.29. The number of aryl methyl sites for hydroxylation is 1. The molecule has 0 N–H and O–H groups in total. The summed E-state index contributed by atoms with van der Waals surface area (Å²) in [6, 6.07) is 3.99. The van der Waals surface area contributed by atoms with Crippen LogP contribution in [0.2, 0.25) is 5.02 Å². The fraction of sp³-hybridized carbons (Fsp3) is 0.471. The number of rotatable bonds is 4. The summed E-state index contributed by atoms with van der Waals surface area (Å²) in [7, 11) is 1.68. The quantitative estimate of drug-likeness (QED) is 0.864. The molecule has 118 valence electrons. The second-order valence-electron chi connectivity index (χ2n) is 5.87. The lowest BCUT2D eigenvalue weighted by atomic mass is 10.1. The summed E-state index contributed by atoms with van der Waals surface area (Å²) in [6.07, 6.45) is 4.06. The standard InChI is InChI=1S/C17H20ClNO3/c1-11-6-16-14(8-15(11)18)12(9-22-16)7-17(20)19-5-3-4-13(19)10-21-2/h6,8-9,13H,3-5,7,10H2,1-2H3/t13-/m1/s1. The first-order valence-electron chi connectivity index (χ1n) is 7.54. The SMILES string of the molecule is COC[C@H]1CCCN1C(=O)Cc1coc2cc(C)c(Cl)cc12. The van der Waals surface area contributed by atoms with E-state index in [0.717, 1.165) is 41.5 Å². The van der Waals surface area contributed by atoms with Crippen molar-refractivity contribution in [1.29, 1.82) is 0 Å². The van der Waals surface area contributed by atoms with Crippen LogP contribution in [-0.4, -0.2) is 37.1 Å². The van der Waals surface area contributed by atoms with Crippen LogP contribution in [0, 0.1) is 6.92 Å². The highest BCUT2D eigenvalue weighted by molar-refractivity contribution is 6.32. The highest BCUT2D eigenvalue weighted by atomic mass is 35.5. The molecule has 0 spiro atoms. The van der Waals surface area contributed by atoms with Gasteiger partial charge in [-0.15, -0.1) is 0 Å². The molecule has 2 aromatic rings. The third kappa shape index (κ3) is 2.85. The summed E-state index contributed by atoms with van der Waals surface area (Å²) in [5, 5.41) is 1.62. The zero-order valence-electron chi connectivity index (χ0n) is 12.9. The number of nitrogens with zero attached hydrogens (tertiary/aromatic N) is 1. The average Bonchev–Trinajstić information content (AvgIpc) is 3.08. The Labute approximate surface area is 135 Å². The van der Waals surface area contributed by atoms with Gasteiger partial charge in [-0.05, 0) is 37.5 Å². The average molecular weight is 322 g/mol. The molecule has 1 saturated heterocycles. The van der Waals surface area contributed by atoms with E-state index in [0.29, 0.717) is 18.1 Å². The Bertz CT molecular complexity index is 695. The minimum Gasteiger partial charge on any atom is -0.464 e. The van der Waals surface area contributed by atoms with Gasteiger partial charge >= 0.3 is 0 Å². The van der Waals surface area contributed by atoms with Gasteiger partial charge in [0.15, 0.2) is 0 Å². The highest BCUT2D eigenvalue weighted by Gasteiger charge is 2.29. The van der Waals surface area contributed by atoms with Crippen molar-refractivity contribution in [3.63, 3.8) is 0 Å². The number of hydrogen-bond donors (Lipinski definition) is 0. The molecule has 0 unspecified atom stereocenters. The molecule has 1 aromatic carbocycles. The summed E-state index contributed by atoms with van der Waals surface area (Å²) in [5.74, 6) is 0.124. The first kappa shape index (κ1) is 15.4. The van der Waals surface area contributed by atoms with Crippen LogP contribution >= 0.6 is 11.6 Å². The molecule has 1 amide bonds. The Hall–Kier alpha value is -1.52. The number of benzene rings is 1. The Morgan fingerprint density at radius 3 is 3.09 bits per heavy atom. The predicted octanol–water partition coefficient (Wildman–Crippen LogP) is 3.57. The van der Waals surface area contributed by atoms with Crippen molar-refractivity contribution >= 4 is 28.5 Å². The minimum absolute atomic E-state index is 0.124. The zero-order valence-corrected chi connectivity index (χ0v) is 13.7. The van der Waals surface area contributed by atoms with Gasteiger partial charge in [0.1, 0.15) is 5.58 Å². The van der Waals surface area contributed by atoms with E-state index in [4.69, 9.17) is 20.8 Å². The van der Waals surface area contributed by atoms with Crippen molar-refractivity contribution in [2.45, 2.75) is 32.2 Å². The maximum absolute atomic E-state index is 12.6. The number of fused-ring (bicyclic) bond motifs is 1. The van der Waals surface area contributed by atoms with Crippen LogP contribution in [0.25, 0.3) is 11.0 Å². The smallest absolute Gasteiger partial charge is 0.227 e. The summed E-state index contributed by atoms with van der Waals surface area (Å²) in [4.78, 5) is 14.5. The van der Waals surface area contributed by atoms with Crippen molar-refractivity contribution in [2.75, 3.05) is 20.3 Å². The summed E-state index contributed by atoms with van der Waals surface area (Å²) in [5.41, 5.74) is 2.64. The van der Waals surface area contributed by atoms with Crippen LogP contribution in [-0.2, 0) is 16.0 Å². The number of carbonyl (C=O) groups excluding carboxylic acids is 1. The van der Waals surface area contributed by atoms with E-state index >= 15 is 0 Å². The molecule has 0 saturated carbocycles. The lowest BCUT2D eigenvalue weighted by Gasteiger charge is -2.24. The van der Waals surface area contributed by atoms with Gasteiger partial charge in [-0.3, -0.25) is 4.79 Å². The molecule has 0 bridgehead atoms. The maximum atomic E-state index is 12.6. The number of carbonyl (C=O) groups is 1. The third-order valence-electron chi connectivity index (χ3n) is 4.33. The molecule has 1 aliphatic rings. The van der Waals surface area contributed by atoms with Gasteiger partial charge in [-0.2, -0.15) is 0 Å². The van der Waals surface area contributed by atoms with E-state index < -0.39 is 0 Å². The van der Waals surface area contributed by atoms with Crippen LogP contribution in [0.5, 0.6) is 0 Å². The van der Waals surface area contributed by atoms with Gasteiger partial charge < -0.3 is 14.1 Å². The van der Waals surface area contributed by atoms with E-state index in [1.54, 1.807) is 13.4 Å². The van der Waals surface area contributed by atoms with Crippen molar-refractivity contribution in [3.8, 4) is 0 Å². The van der Waals surface area contributed by atoms with Gasteiger partial charge in [0.2, 0.25) is 5.91 Å². The predicted molar refractivity (Wildman–Crippen MR) is 86.3 cm³/mol. The molecule has 1 aliphatic heterocycles. The molecule has 0 radical (unpaired) electrons. The molecule has 22 heavy (non-hydrogen) atoms. The molecular formula is C17H20ClNO3. The third-order valence-corrected chi connectivity index (χ3v) is 4.74. The largest absolute Gasteiger partial charge is 0.464 e. The van der Waals surface area contributed by atoms with Gasteiger partial charge in [0, 0.05) is 29.6 Å². The summed E-state index contributed by atoms with van der Waals surface area (Å²) >= 11 is 6.19. The van der Waals surface area contributed by atoms with Crippen LogP contribution < -0.4 is 0 Å². The molecule has 5 heteroatoms. The fourth-order valence-corrected chi connectivity index (χ4v) is 3.30. The van der Waals surface area contributed by atoms with E-state index in [-0.39, 0.29) is 11.9 Å². The summed E-state index contributed by atoms with van der Waals surface area (Å²) < 4.78 is 10.8. The van der Waals surface area contributed by atoms with Crippen molar-refractivity contribution in [2.24, 2.45) is 0 Å². The molecule has 2 heterocycles. The first-order chi connectivity index (χ1) is 10.6. The molecule has 0 aliphatic carbocycles. The Morgan fingerprint density at radius 2 is 2.32 bits per heavy atom. The van der Waals surface area contributed by atoms with Crippen molar-refractivity contribution in [1.82, 2.24) is 4.90 Å². The van der Waals surface area contributed by atoms with Crippen LogP contribution in [0.4, 0.5) is 0 Å². The molecular weight excluding hydrogens is 302 g/mol. The Balaban J connectivity index is 1.81. The summed E-state index contributed by atoms with van der Waals surface area (Å²) in [6.45, 7) is 3.35. The normalized spacial score (nSPS) is 18.3. The molecule has 1 aromatic heterocycles. The fourth-order valence-electron chi connectivity index (χ4n) is 3.13. The van der Waals surface area contributed by atoms with Gasteiger partial charge in [0.05, 0.1) is 25.3 Å². The van der Waals surface area contributed by atoms with E-state index in [9.17, 15) is 4.79 Å². The number of amides is 1. The van der Waals surface area contributed by atoms with E-state index in [1.807, 2.05) is 24.0 Å². The second kappa shape index (κ2) is 6.31. The lowest BCUT2D eigenvalue weighted by Crippen LogP contribution is -2.38. The van der Waals surface area contributed by atoms with Gasteiger partial charge in [0.25, 0.3) is 0 Å². The van der Waals surface area contributed by atoms with E-state index in [1.165, 1.54) is 0 Å². The van der Waals surface area contributed by atoms with Crippen molar-refractivity contribution < 1.29 is 13.9 Å². The number of hydrogen-bond acceptors (Lipinski definition) is 3. The number of furan rings is 1. The number of ether oxygens (including phenoxy) is 1. The Kier molecular flexibility index (Phi) is 4.41. The molecule has 3 rings (SSSR count). The van der Waals surface area contributed by atoms with Crippen LogP contribution in [0.3, 0.4) is 0 Å². The van der Waals surface area contributed by atoms with Crippen LogP contribution in [0.1, 0.15) is 24.0 Å². The topological polar surface area (TPSA) is 42.7 Å². The number of likely N-dealkylation sites (tertiary alicyclic amines) is 1. The Morgan fingerprint density at radius 1 is 1.50 bits per heavy atom. The number of halogens is 1. The van der Waals surface area contributed by atoms with Crippen LogP contribution in [0.15, 0.2) is 22.8 Å². The van der Waals surface area contributed by atoms with E-state index in [2.05, 4.69) is 0 Å². The minimum atomic E-state index is 0.124.